The highest BCUT2D eigenvalue weighted by Gasteiger charge is 2.12. The SMILES string of the molecule is COCCOc1ccccc1-c1ccccc1-c1cnns1. The molecule has 0 saturated heterocycles. The molecule has 3 rings (SSSR count). The molecule has 112 valence electrons. The predicted molar refractivity (Wildman–Crippen MR) is 88.2 cm³/mol. The zero-order chi connectivity index (χ0) is 15.2. The molecule has 0 N–H and O–H groups in total. The van der Waals surface area contributed by atoms with Crippen molar-refractivity contribution in [2.75, 3.05) is 20.3 Å². The van der Waals surface area contributed by atoms with Crippen LogP contribution in [0.5, 0.6) is 5.75 Å². The van der Waals surface area contributed by atoms with Crippen molar-refractivity contribution in [1.29, 1.82) is 0 Å². The third kappa shape index (κ3) is 3.16. The predicted octanol–water partition coefficient (Wildman–Crippen LogP) is 3.90. The Morgan fingerprint density at radius 3 is 2.36 bits per heavy atom. The van der Waals surface area contributed by atoms with Crippen molar-refractivity contribution < 1.29 is 9.47 Å². The summed E-state index contributed by atoms with van der Waals surface area (Å²) in [5, 5.41) is 3.94. The van der Waals surface area contributed by atoms with Gasteiger partial charge in [-0.25, -0.2) is 0 Å². The van der Waals surface area contributed by atoms with E-state index in [9.17, 15) is 0 Å². The van der Waals surface area contributed by atoms with Crippen LogP contribution in [0.1, 0.15) is 0 Å². The smallest absolute Gasteiger partial charge is 0.127 e. The lowest BCUT2D eigenvalue weighted by Gasteiger charge is -2.13. The van der Waals surface area contributed by atoms with Gasteiger partial charge in [0.2, 0.25) is 0 Å². The maximum atomic E-state index is 5.85. The van der Waals surface area contributed by atoms with Gasteiger partial charge in [0.05, 0.1) is 17.7 Å². The Balaban J connectivity index is 2.01. The fourth-order valence-electron chi connectivity index (χ4n) is 2.27. The van der Waals surface area contributed by atoms with E-state index >= 15 is 0 Å². The first kappa shape index (κ1) is 14.7. The Kier molecular flexibility index (Phi) is 4.78. The van der Waals surface area contributed by atoms with Crippen LogP contribution in [0, 0.1) is 0 Å². The number of aromatic nitrogens is 2. The average Bonchev–Trinajstić information content (AvgIpc) is 3.10. The first-order valence-corrected chi connectivity index (χ1v) is 7.75. The van der Waals surface area contributed by atoms with E-state index < -0.39 is 0 Å². The molecule has 22 heavy (non-hydrogen) atoms. The summed E-state index contributed by atoms with van der Waals surface area (Å²) in [5.41, 5.74) is 3.28. The van der Waals surface area contributed by atoms with Crippen LogP contribution >= 0.6 is 11.5 Å². The van der Waals surface area contributed by atoms with Crippen LogP contribution < -0.4 is 4.74 Å². The number of hydrogen-bond acceptors (Lipinski definition) is 5. The number of nitrogens with zero attached hydrogens (tertiary/aromatic N) is 2. The molecule has 0 fully saturated rings. The molecule has 0 saturated carbocycles. The van der Waals surface area contributed by atoms with E-state index in [1.807, 2.05) is 30.3 Å². The van der Waals surface area contributed by atoms with Gasteiger partial charge < -0.3 is 9.47 Å². The van der Waals surface area contributed by atoms with Crippen molar-refractivity contribution in [2.24, 2.45) is 0 Å². The molecule has 0 atom stereocenters. The Hall–Kier alpha value is -2.24. The fraction of sp³-hybridized carbons (Fsp3) is 0.176. The lowest BCUT2D eigenvalue weighted by Crippen LogP contribution is -2.05. The van der Waals surface area contributed by atoms with Crippen LogP contribution in [0.2, 0.25) is 0 Å². The molecular formula is C17H16N2O2S. The summed E-state index contributed by atoms with van der Waals surface area (Å²) in [6.07, 6.45) is 1.79. The first-order valence-electron chi connectivity index (χ1n) is 6.98. The molecule has 0 aliphatic carbocycles. The van der Waals surface area contributed by atoms with E-state index in [1.165, 1.54) is 11.5 Å². The number of para-hydroxylation sites is 1. The number of hydrogen-bond donors (Lipinski definition) is 0. The summed E-state index contributed by atoms with van der Waals surface area (Å²) in [6.45, 7) is 1.09. The molecular weight excluding hydrogens is 296 g/mol. The molecule has 0 unspecified atom stereocenters. The van der Waals surface area contributed by atoms with Crippen molar-refractivity contribution in [1.82, 2.24) is 9.59 Å². The Bertz CT molecular complexity index is 729. The monoisotopic (exact) mass is 312 g/mol. The molecule has 4 nitrogen and oxygen atoms in total. The van der Waals surface area contributed by atoms with Crippen LogP contribution in [0.3, 0.4) is 0 Å². The third-order valence-corrected chi connectivity index (χ3v) is 3.97. The Morgan fingerprint density at radius 1 is 0.909 bits per heavy atom. The minimum Gasteiger partial charge on any atom is -0.491 e. The molecule has 5 heteroatoms. The van der Waals surface area contributed by atoms with Crippen molar-refractivity contribution in [3.8, 4) is 27.3 Å². The summed E-state index contributed by atoms with van der Waals surface area (Å²) >= 11 is 1.39. The molecule has 0 amide bonds. The van der Waals surface area contributed by atoms with Crippen LogP contribution in [-0.2, 0) is 4.74 Å². The molecule has 2 aromatic carbocycles. The highest BCUT2D eigenvalue weighted by molar-refractivity contribution is 7.09. The molecule has 3 aromatic rings. The van der Waals surface area contributed by atoms with Crippen LogP contribution in [-0.4, -0.2) is 29.9 Å². The van der Waals surface area contributed by atoms with Crippen LogP contribution in [0.25, 0.3) is 21.6 Å². The molecule has 1 aromatic heterocycles. The lowest BCUT2D eigenvalue weighted by atomic mass is 9.98. The summed E-state index contributed by atoms with van der Waals surface area (Å²) in [7, 11) is 1.67. The van der Waals surface area contributed by atoms with Gasteiger partial charge in [-0.3, -0.25) is 0 Å². The Labute approximate surface area is 133 Å². The van der Waals surface area contributed by atoms with Gasteiger partial charge in [0.1, 0.15) is 12.4 Å². The minimum absolute atomic E-state index is 0.526. The van der Waals surface area contributed by atoms with Gasteiger partial charge in [-0.1, -0.05) is 47.0 Å². The second kappa shape index (κ2) is 7.15. The average molecular weight is 312 g/mol. The molecule has 1 heterocycles. The molecule has 0 spiro atoms. The zero-order valence-corrected chi connectivity index (χ0v) is 13.0. The van der Waals surface area contributed by atoms with Gasteiger partial charge in [-0.05, 0) is 23.2 Å². The largest absolute Gasteiger partial charge is 0.491 e. The molecule has 0 aliphatic rings. The molecule has 0 aliphatic heterocycles. The fourth-order valence-corrected chi connectivity index (χ4v) is 2.82. The zero-order valence-electron chi connectivity index (χ0n) is 12.2. The van der Waals surface area contributed by atoms with Crippen molar-refractivity contribution in [3.63, 3.8) is 0 Å². The highest BCUT2D eigenvalue weighted by Crippen LogP contribution is 2.37. The number of ether oxygens (including phenoxy) is 2. The topological polar surface area (TPSA) is 44.2 Å². The summed E-state index contributed by atoms with van der Waals surface area (Å²) in [6, 6.07) is 16.3. The van der Waals surface area contributed by atoms with Crippen LogP contribution in [0.4, 0.5) is 0 Å². The van der Waals surface area contributed by atoms with Gasteiger partial charge in [0.25, 0.3) is 0 Å². The number of rotatable bonds is 6. The summed E-state index contributed by atoms with van der Waals surface area (Å²) in [4.78, 5) is 1.04. The maximum Gasteiger partial charge on any atom is 0.127 e. The third-order valence-electron chi connectivity index (χ3n) is 3.28. The van der Waals surface area contributed by atoms with E-state index in [1.54, 1.807) is 13.3 Å². The standard InChI is InChI=1S/C17H16N2O2S/c1-20-10-11-21-16-9-5-4-7-14(16)13-6-2-3-8-15(13)17-12-18-19-22-17/h2-9,12H,10-11H2,1H3. The van der Waals surface area contributed by atoms with Gasteiger partial charge in [0.15, 0.2) is 0 Å². The van der Waals surface area contributed by atoms with Crippen molar-refractivity contribution in [2.45, 2.75) is 0 Å². The van der Waals surface area contributed by atoms with Crippen LogP contribution in [0.15, 0.2) is 54.7 Å². The number of methoxy groups -OCH3 is 1. The maximum absolute atomic E-state index is 5.85. The van der Waals surface area contributed by atoms with E-state index in [2.05, 4.69) is 27.8 Å². The van der Waals surface area contributed by atoms with E-state index in [0.717, 1.165) is 27.3 Å². The van der Waals surface area contributed by atoms with E-state index in [-0.39, 0.29) is 0 Å². The molecule has 0 radical (unpaired) electrons. The van der Waals surface area contributed by atoms with Gasteiger partial charge in [-0.15, -0.1) is 5.10 Å². The molecule has 0 bridgehead atoms. The minimum atomic E-state index is 0.526. The summed E-state index contributed by atoms with van der Waals surface area (Å²) < 4.78 is 14.9. The Morgan fingerprint density at radius 2 is 1.64 bits per heavy atom. The van der Waals surface area contributed by atoms with Gasteiger partial charge >= 0.3 is 0 Å². The number of benzene rings is 2. The summed E-state index contributed by atoms with van der Waals surface area (Å²) in [5.74, 6) is 0.851. The quantitative estimate of drug-likeness (QED) is 0.648. The van der Waals surface area contributed by atoms with Crippen molar-refractivity contribution >= 4 is 11.5 Å². The van der Waals surface area contributed by atoms with Crippen molar-refractivity contribution in [3.05, 3.63) is 54.7 Å². The van der Waals surface area contributed by atoms with Gasteiger partial charge in [0, 0.05) is 18.2 Å². The van der Waals surface area contributed by atoms with E-state index in [0.29, 0.717) is 13.2 Å². The highest BCUT2D eigenvalue weighted by atomic mass is 32.1. The van der Waals surface area contributed by atoms with Gasteiger partial charge in [-0.2, -0.15) is 0 Å². The normalized spacial score (nSPS) is 10.6. The van der Waals surface area contributed by atoms with E-state index in [4.69, 9.17) is 9.47 Å². The lowest BCUT2D eigenvalue weighted by molar-refractivity contribution is 0.146. The second-order valence-corrected chi connectivity index (χ2v) is 5.45. The second-order valence-electron chi connectivity index (χ2n) is 4.66. The first-order chi connectivity index (χ1) is 10.9.